The zero-order valence-electron chi connectivity index (χ0n) is 10.6. The molecule has 1 N–H and O–H groups in total. The number of ether oxygens (including phenoxy) is 2. The van der Waals surface area contributed by atoms with E-state index in [-0.39, 0.29) is 0 Å². The first-order valence-electron chi connectivity index (χ1n) is 5.77. The van der Waals surface area contributed by atoms with Crippen LogP contribution in [0.15, 0.2) is 22.7 Å². The van der Waals surface area contributed by atoms with Gasteiger partial charge >= 0.3 is 0 Å². The summed E-state index contributed by atoms with van der Waals surface area (Å²) in [6.07, 6.45) is 0. The van der Waals surface area contributed by atoms with Crippen molar-refractivity contribution in [2.75, 3.05) is 20.3 Å². The number of hydrogen-bond donors (Lipinski definition) is 1. The maximum absolute atomic E-state index is 5.58. The van der Waals surface area contributed by atoms with E-state index < -0.39 is 0 Å². The van der Waals surface area contributed by atoms with E-state index in [1.54, 1.807) is 7.11 Å². The van der Waals surface area contributed by atoms with Gasteiger partial charge in [-0.2, -0.15) is 0 Å². The number of rotatable bonds is 7. The second kappa shape index (κ2) is 7.69. The molecule has 0 bridgehead atoms. The van der Waals surface area contributed by atoms with Gasteiger partial charge in [-0.1, -0.05) is 29.8 Å². The highest BCUT2D eigenvalue weighted by Crippen LogP contribution is 2.22. The van der Waals surface area contributed by atoms with Crippen LogP contribution in [0.1, 0.15) is 19.4 Å². The Bertz CT molecular complexity index is 342. The van der Waals surface area contributed by atoms with Crippen LogP contribution in [0, 0.1) is 0 Å². The second-order valence-corrected chi connectivity index (χ2v) is 4.98. The third-order valence-corrected chi connectivity index (χ3v) is 3.05. The van der Waals surface area contributed by atoms with Crippen molar-refractivity contribution < 1.29 is 9.47 Å². The molecular formula is C13H20BrNO2. The summed E-state index contributed by atoms with van der Waals surface area (Å²) >= 11 is 3.54. The molecule has 17 heavy (non-hydrogen) atoms. The van der Waals surface area contributed by atoms with Crippen molar-refractivity contribution in [3.05, 3.63) is 28.2 Å². The second-order valence-electron chi connectivity index (χ2n) is 4.13. The Morgan fingerprint density at radius 2 is 2.06 bits per heavy atom. The number of methoxy groups -OCH3 is 1. The Hall–Kier alpha value is -0.580. The summed E-state index contributed by atoms with van der Waals surface area (Å²) < 4.78 is 11.6. The van der Waals surface area contributed by atoms with Gasteiger partial charge in [0.1, 0.15) is 12.4 Å². The summed E-state index contributed by atoms with van der Waals surface area (Å²) in [5.74, 6) is 0.880. The molecule has 0 aliphatic carbocycles. The van der Waals surface area contributed by atoms with Gasteiger partial charge in [0.2, 0.25) is 0 Å². The molecule has 0 fully saturated rings. The summed E-state index contributed by atoms with van der Waals surface area (Å²) in [4.78, 5) is 0. The smallest absolute Gasteiger partial charge is 0.119 e. The SMILES string of the molecule is COCCOc1ccc(Br)c(CNC(C)C)c1. The Morgan fingerprint density at radius 3 is 2.71 bits per heavy atom. The topological polar surface area (TPSA) is 30.5 Å². The van der Waals surface area contributed by atoms with Crippen molar-refractivity contribution in [2.24, 2.45) is 0 Å². The summed E-state index contributed by atoms with van der Waals surface area (Å²) in [6.45, 7) is 6.28. The van der Waals surface area contributed by atoms with Gasteiger partial charge < -0.3 is 14.8 Å². The zero-order valence-corrected chi connectivity index (χ0v) is 12.2. The summed E-state index contributed by atoms with van der Waals surface area (Å²) in [6, 6.07) is 6.49. The van der Waals surface area contributed by atoms with E-state index in [9.17, 15) is 0 Å². The monoisotopic (exact) mass is 301 g/mol. The largest absolute Gasteiger partial charge is 0.491 e. The highest BCUT2D eigenvalue weighted by molar-refractivity contribution is 9.10. The van der Waals surface area contributed by atoms with Gasteiger partial charge in [0.25, 0.3) is 0 Å². The molecule has 0 atom stereocenters. The molecule has 0 unspecified atom stereocenters. The third kappa shape index (κ3) is 5.52. The van der Waals surface area contributed by atoms with Gasteiger partial charge in [-0.15, -0.1) is 0 Å². The van der Waals surface area contributed by atoms with Gasteiger partial charge in [-0.25, -0.2) is 0 Å². The van der Waals surface area contributed by atoms with Crippen molar-refractivity contribution in [3.63, 3.8) is 0 Å². The standard InChI is InChI=1S/C13H20BrNO2/c1-10(2)15-9-11-8-12(4-5-13(11)14)17-7-6-16-3/h4-5,8,10,15H,6-7,9H2,1-3H3. The lowest BCUT2D eigenvalue weighted by molar-refractivity contribution is 0.146. The minimum atomic E-state index is 0.472. The molecule has 0 saturated carbocycles. The predicted octanol–water partition coefficient (Wildman–Crippen LogP) is 2.97. The Kier molecular flexibility index (Phi) is 6.55. The molecule has 0 aliphatic heterocycles. The fourth-order valence-corrected chi connectivity index (χ4v) is 1.72. The minimum absolute atomic E-state index is 0.472. The minimum Gasteiger partial charge on any atom is -0.491 e. The predicted molar refractivity (Wildman–Crippen MR) is 73.5 cm³/mol. The first kappa shape index (κ1) is 14.5. The molecule has 3 nitrogen and oxygen atoms in total. The number of halogens is 1. The molecule has 0 saturated heterocycles. The highest BCUT2D eigenvalue weighted by Gasteiger charge is 2.03. The van der Waals surface area contributed by atoms with Crippen LogP contribution in [0.25, 0.3) is 0 Å². The molecule has 96 valence electrons. The van der Waals surface area contributed by atoms with E-state index in [2.05, 4.69) is 41.2 Å². The summed E-state index contributed by atoms with van der Waals surface area (Å²) in [7, 11) is 1.67. The van der Waals surface area contributed by atoms with E-state index >= 15 is 0 Å². The Morgan fingerprint density at radius 1 is 1.29 bits per heavy atom. The first-order valence-corrected chi connectivity index (χ1v) is 6.56. The van der Waals surface area contributed by atoms with Crippen LogP contribution in [-0.4, -0.2) is 26.4 Å². The van der Waals surface area contributed by atoms with Crippen molar-refractivity contribution in [1.82, 2.24) is 5.32 Å². The van der Waals surface area contributed by atoms with Crippen LogP contribution in [0.3, 0.4) is 0 Å². The maximum Gasteiger partial charge on any atom is 0.119 e. The van der Waals surface area contributed by atoms with Crippen LogP contribution >= 0.6 is 15.9 Å². The molecular weight excluding hydrogens is 282 g/mol. The van der Waals surface area contributed by atoms with Crippen molar-refractivity contribution in [1.29, 1.82) is 0 Å². The molecule has 4 heteroatoms. The van der Waals surface area contributed by atoms with E-state index in [0.29, 0.717) is 19.3 Å². The van der Waals surface area contributed by atoms with Crippen molar-refractivity contribution >= 4 is 15.9 Å². The molecule has 0 heterocycles. The molecule has 0 spiro atoms. The molecule has 1 rings (SSSR count). The van der Waals surface area contributed by atoms with Crippen molar-refractivity contribution in [2.45, 2.75) is 26.4 Å². The maximum atomic E-state index is 5.58. The van der Waals surface area contributed by atoms with Gasteiger partial charge in [0, 0.05) is 24.2 Å². The summed E-state index contributed by atoms with van der Waals surface area (Å²) in [5.41, 5.74) is 1.20. The fourth-order valence-electron chi connectivity index (χ4n) is 1.33. The van der Waals surface area contributed by atoms with Gasteiger partial charge in [0.15, 0.2) is 0 Å². The van der Waals surface area contributed by atoms with Crippen LogP contribution in [0.4, 0.5) is 0 Å². The van der Waals surface area contributed by atoms with Crippen LogP contribution in [0.5, 0.6) is 5.75 Å². The lowest BCUT2D eigenvalue weighted by atomic mass is 10.2. The lowest BCUT2D eigenvalue weighted by Crippen LogP contribution is -2.22. The molecule has 1 aromatic rings. The van der Waals surface area contributed by atoms with Crippen LogP contribution < -0.4 is 10.1 Å². The normalized spacial score (nSPS) is 10.9. The number of nitrogens with one attached hydrogen (secondary N) is 1. The molecule has 1 aromatic carbocycles. The van der Waals surface area contributed by atoms with Crippen molar-refractivity contribution in [3.8, 4) is 5.75 Å². The third-order valence-electron chi connectivity index (χ3n) is 2.27. The van der Waals surface area contributed by atoms with E-state index in [4.69, 9.17) is 9.47 Å². The lowest BCUT2D eigenvalue weighted by Gasteiger charge is -2.12. The van der Waals surface area contributed by atoms with E-state index in [1.165, 1.54) is 5.56 Å². The molecule has 0 aliphatic rings. The highest BCUT2D eigenvalue weighted by atomic mass is 79.9. The van der Waals surface area contributed by atoms with Gasteiger partial charge in [-0.3, -0.25) is 0 Å². The average molecular weight is 302 g/mol. The van der Waals surface area contributed by atoms with Crippen LogP contribution in [0.2, 0.25) is 0 Å². The first-order chi connectivity index (χ1) is 8.13. The number of benzene rings is 1. The van der Waals surface area contributed by atoms with Gasteiger partial charge in [0.05, 0.1) is 6.61 Å². The quantitative estimate of drug-likeness (QED) is 0.786. The van der Waals surface area contributed by atoms with Crippen LogP contribution in [-0.2, 0) is 11.3 Å². The Balaban J connectivity index is 2.59. The van der Waals surface area contributed by atoms with E-state index in [1.807, 2.05) is 12.1 Å². The van der Waals surface area contributed by atoms with E-state index in [0.717, 1.165) is 16.8 Å². The molecule has 0 radical (unpaired) electrons. The summed E-state index contributed by atoms with van der Waals surface area (Å²) in [5, 5.41) is 3.39. The zero-order chi connectivity index (χ0) is 12.7. The fraction of sp³-hybridized carbons (Fsp3) is 0.538. The van der Waals surface area contributed by atoms with Gasteiger partial charge in [-0.05, 0) is 23.8 Å². The molecule has 0 amide bonds. The molecule has 0 aromatic heterocycles. The average Bonchev–Trinajstić information content (AvgIpc) is 2.29. The number of hydrogen-bond acceptors (Lipinski definition) is 3. The Labute approximate surface area is 112 Å².